The van der Waals surface area contributed by atoms with Crippen LogP contribution in [0.25, 0.3) is 22.0 Å². The van der Waals surface area contributed by atoms with Gasteiger partial charge in [-0.1, -0.05) is 48.0 Å². The van der Waals surface area contributed by atoms with Crippen LogP contribution in [-0.4, -0.2) is 45.6 Å². The lowest BCUT2D eigenvalue weighted by atomic mass is 9.96. The number of nitrogens with one attached hydrogen (secondary N) is 1. The molecule has 0 bridgehead atoms. The van der Waals surface area contributed by atoms with Gasteiger partial charge in [-0.15, -0.1) is 0 Å². The lowest BCUT2D eigenvalue weighted by Crippen LogP contribution is -2.45. The highest BCUT2D eigenvalue weighted by molar-refractivity contribution is 6.05. The summed E-state index contributed by atoms with van der Waals surface area (Å²) in [6.07, 6.45) is 1.07. The Balaban J connectivity index is 1.25. The molecule has 36 heavy (non-hydrogen) atoms. The number of aromatic nitrogens is 2. The van der Waals surface area contributed by atoms with Crippen molar-refractivity contribution < 1.29 is 14.0 Å². The predicted octanol–water partition coefficient (Wildman–Crippen LogP) is 4.58. The second-order valence-electron chi connectivity index (χ2n) is 9.94. The van der Waals surface area contributed by atoms with Crippen molar-refractivity contribution in [1.29, 1.82) is 0 Å². The monoisotopic (exact) mass is 482 g/mol. The van der Waals surface area contributed by atoms with E-state index in [4.69, 9.17) is 0 Å². The number of nitrogens with zero attached hydrogens (tertiary/aromatic N) is 3. The first-order valence-corrected chi connectivity index (χ1v) is 12.3. The molecule has 182 valence electrons. The Hall–Kier alpha value is -4.00. The van der Waals surface area contributed by atoms with Gasteiger partial charge in [0, 0.05) is 31.1 Å². The normalized spacial score (nSPS) is 20.4. The third kappa shape index (κ3) is 3.85. The van der Waals surface area contributed by atoms with Crippen LogP contribution in [0.3, 0.4) is 0 Å². The van der Waals surface area contributed by atoms with Gasteiger partial charge < -0.3 is 10.2 Å². The van der Waals surface area contributed by atoms with Crippen LogP contribution in [-0.2, 0) is 7.05 Å². The Morgan fingerprint density at radius 3 is 2.75 bits per heavy atom. The molecule has 3 aromatic carbocycles. The van der Waals surface area contributed by atoms with E-state index >= 15 is 0 Å². The molecule has 2 amide bonds. The van der Waals surface area contributed by atoms with E-state index < -0.39 is 0 Å². The smallest absolute Gasteiger partial charge is 0.272 e. The van der Waals surface area contributed by atoms with Crippen LogP contribution in [0.4, 0.5) is 4.39 Å². The van der Waals surface area contributed by atoms with E-state index in [2.05, 4.69) is 10.4 Å². The molecule has 7 heteroatoms. The maximum absolute atomic E-state index is 14.0. The van der Waals surface area contributed by atoms with E-state index in [9.17, 15) is 14.0 Å². The van der Waals surface area contributed by atoms with E-state index in [0.717, 1.165) is 28.5 Å². The molecule has 0 spiro atoms. The highest BCUT2D eigenvalue weighted by Crippen LogP contribution is 2.50. The molecule has 6 rings (SSSR count). The van der Waals surface area contributed by atoms with Gasteiger partial charge in [-0.3, -0.25) is 14.3 Å². The van der Waals surface area contributed by atoms with Crippen molar-refractivity contribution in [3.05, 3.63) is 89.4 Å². The van der Waals surface area contributed by atoms with Crippen LogP contribution >= 0.6 is 0 Å². The summed E-state index contributed by atoms with van der Waals surface area (Å²) in [6, 6.07) is 19.6. The Labute approximate surface area is 208 Å². The first kappa shape index (κ1) is 22.5. The molecular weight excluding hydrogens is 455 g/mol. The second kappa shape index (κ2) is 8.59. The van der Waals surface area contributed by atoms with E-state index in [0.29, 0.717) is 41.7 Å². The van der Waals surface area contributed by atoms with E-state index in [1.807, 2.05) is 67.4 Å². The first-order valence-electron chi connectivity index (χ1n) is 12.3. The van der Waals surface area contributed by atoms with Crippen molar-refractivity contribution in [1.82, 2.24) is 20.0 Å². The maximum atomic E-state index is 14.0. The summed E-state index contributed by atoms with van der Waals surface area (Å²) in [5.74, 6) is 0.202. The van der Waals surface area contributed by atoms with Gasteiger partial charge in [0.2, 0.25) is 0 Å². The number of piperidine rings is 1. The van der Waals surface area contributed by atoms with Crippen molar-refractivity contribution in [2.75, 3.05) is 13.1 Å². The molecule has 2 fully saturated rings. The van der Waals surface area contributed by atoms with E-state index in [1.54, 1.807) is 10.7 Å². The van der Waals surface area contributed by atoms with Crippen LogP contribution < -0.4 is 5.32 Å². The fourth-order valence-corrected chi connectivity index (χ4v) is 5.62. The summed E-state index contributed by atoms with van der Waals surface area (Å²) in [7, 11) is 1.82. The van der Waals surface area contributed by atoms with Gasteiger partial charge >= 0.3 is 0 Å². The number of carbonyl (C=O) groups is 2. The molecule has 1 N–H and O–H groups in total. The zero-order valence-electron chi connectivity index (χ0n) is 20.2. The number of carbonyl (C=O) groups excluding carboxylic acids is 2. The Kier molecular flexibility index (Phi) is 5.36. The average Bonchev–Trinajstić information content (AvgIpc) is 3.44. The number of para-hydroxylation sites is 1. The molecule has 2 heterocycles. The van der Waals surface area contributed by atoms with Gasteiger partial charge in [0.1, 0.15) is 5.82 Å². The minimum Gasteiger partial charge on any atom is -0.349 e. The summed E-state index contributed by atoms with van der Waals surface area (Å²) < 4.78 is 15.7. The number of fused-ring (bicyclic) bond motifs is 2. The Morgan fingerprint density at radius 2 is 1.92 bits per heavy atom. The second-order valence-corrected chi connectivity index (χ2v) is 9.94. The van der Waals surface area contributed by atoms with Crippen LogP contribution in [0.15, 0.2) is 66.7 Å². The lowest BCUT2D eigenvalue weighted by Gasteiger charge is -2.29. The fourth-order valence-electron chi connectivity index (χ4n) is 5.62. The van der Waals surface area contributed by atoms with E-state index in [1.165, 1.54) is 12.1 Å². The first-order chi connectivity index (χ1) is 17.4. The highest BCUT2D eigenvalue weighted by Gasteiger charge is 2.54. The zero-order valence-corrected chi connectivity index (χ0v) is 20.2. The van der Waals surface area contributed by atoms with Gasteiger partial charge in [0.05, 0.1) is 11.6 Å². The lowest BCUT2D eigenvalue weighted by molar-refractivity contribution is 0.0695. The van der Waals surface area contributed by atoms with Gasteiger partial charge in [-0.2, -0.15) is 5.10 Å². The molecule has 4 aromatic rings. The quantitative estimate of drug-likeness (QED) is 0.453. The summed E-state index contributed by atoms with van der Waals surface area (Å²) >= 11 is 0. The number of hydrogen-bond acceptors (Lipinski definition) is 3. The summed E-state index contributed by atoms with van der Waals surface area (Å²) in [5, 5.41) is 8.27. The van der Waals surface area contributed by atoms with Crippen molar-refractivity contribution in [3.8, 4) is 11.1 Å². The largest absolute Gasteiger partial charge is 0.349 e. The number of halogens is 1. The fraction of sp³-hybridized carbons (Fsp3) is 0.276. The minimum atomic E-state index is -0.336. The molecule has 1 aliphatic carbocycles. The zero-order chi connectivity index (χ0) is 25.0. The van der Waals surface area contributed by atoms with Crippen LogP contribution in [0.2, 0.25) is 0 Å². The molecule has 2 aliphatic rings. The predicted molar refractivity (Wildman–Crippen MR) is 136 cm³/mol. The van der Waals surface area contributed by atoms with Gasteiger partial charge in [0.15, 0.2) is 5.69 Å². The number of benzene rings is 3. The van der Waals surface area contributed by atoms with Crippen molar-refractivity contribution >= 4 is 22.7 Å². The molecule has 6 nitrogen and oxygen atoms in total. The maximum Gasteiger partial charge on any atom is 0.272 e. The Bertz CT molecular complexity index is 1510. The SMILES string of the molecule is Cc1ccc(C(=O)N2C[C@H]3C[C@H]3[C@H]2CNC(=O)c2nn(C)c3ccccc23)c(-c2cccc(F)c2)c1. The number of amides is 2. The topological polar surface area (TPSA) is 67.2 Å². The summed E-state index contributed by atoms with van der Waals surface area (Å²) in [6.45, 7) is 3.01. The molecule has 1 aromatic heterocycles. The van der Waals surface area contributed by atoms with Crippen molar-refractivity contribution in [2.24, 2.45) is 18.9 Å². The third-order valence-corrected chi connectivity index (χ3v) is 7.55. The van der Waals surface area contributed by atoms with Gasteiger partial charge in [-0.05, 0) is 60.6 Å². The number of likely N-dealkylation sites (tertiary alicyclic amines) is 1. The standard InChI is InChI=1S/C29H27FN4O2/c1-17-10-11-21(23(12-17)18-6-5-7-20(30)13-18)29(36)34-16-19-14-24(19)26(34)15-31-28(35)27-22-8-3-4-9-25(22)33(2)32-27/h3-13,19,24,26H,14-16H2,1-2H3,(H,31,35)/t19-,24-,26-/m1/s1. The van der Waals surface area contributed by atoms with Crippen LogP contribution in [0.1, 0.15) is 32.8 Å². The van der Waals surface area contributed by atoms with Gasteiger partial charge in [0.25, 0.3) is 11.8 Å². The van der Waals surface area contributed by atoms with Crippen LogP contribution in [0, 0.1) is 24.6 Å². The van der Waals surface area contributed by atoms with Gasteiger partial charge in [-0.25, -0.2) is 4.39 Å². The number of aryl methyl sites for hydroxylation is 2. The number of hydrogen-bond donors (Lipinski definition) is 1. The average molecular weight is 483 g/mol. The molecule has 1 saturated carbocycles. The van der Waals surface area contributed by atoms with Crippen molar-refractivity contribution in [2.45, 2.75) is 19.4 Å². The minimum absolute atomic E-state index is 0.0796. The number of rotatable bonds is 5. The molecule has 3 atom stereocenters. The Morgan fingerprint density at radius 1 is 1.08 bits per heavy atom. The highest BCUT2D eigenvalue weighted by atomic mass is 19.1. The molecule has 1 aliphatic heterocycles. The molecule has 0 radical (unpaired) electrons. The van der Waals surface area contributed by atoms with Crippen molar-refractivity contribution in [3.63, 3.8) is 0 Å². The van der Waals surface area contributed by atoms with Crippen LogP contribution in [0.5, 0.6) is 0 Å². The molecular formula is C29H27FN4O2. The summed E-state index contributed by atoms with van der Waals surface area (Å²) in [5.41, 5.74) is 4.25. The third-order valence-electron chi connectivity index (χ3n) is 7.55. The molecule has 1 saturated heterocycles. The summed E-state index contributed by atoms with van der Waals surface area (Å²) in [4.78, 5) is 28.8. The van der Waals surface area contributed by atoms with E-state index in [-0.39, 0.29) is 23.7 Å². The molecule has 0 unspecified atom stereocenters.